The maximum absolute atomic E-state index is 11.7. The molecule has 0 spiro atoms. The first-order valence-corrected chi connectivity index (χ1v) is 7.01. The second-order valence-electron chi connectivity index (χ2n) is 5.07. The van der Waals surface area contributed by atoms with Gasteiger partial charge in [-0.15, -0.1) is 0 Å². The fourth-order valence-corrected chi connectivity index (χ4v) is 2.58. The Balaban J connectivity index is 2.03. The lowest BCUT2D eigenvalue weighted by Crippen LogP contribution is -2.20. The van der Waals surface area contributed by atoms with Gasteiger partial charge in [0.25, 0.3) is 5.56 Å². The van der Waals surface area contributed by atoms with E-state index in [0.717, 1.165) is 25.1 Å². The molecule has 108 valence electrons. The van der Waals surface area contributed by atoms with Crippen molar-refractivity contribution >= 4 is 5.69 Å². The number of anilines is 1. The van der Waals surface area contributed by atoms with Crippen molar-refractivity contribution in [3.63, 3.8) is 0 Å². The van der Waals surface area contributed by atoms with Gasteiger partial charge in [0, 0.05) is 36.7 Å². The van der Waals surface area contributed by atoms with Crippen molar-refractivity contribution in [1.82, 2.24) is 14.3 Å². The SMILES string of the molecule is CCc1c(C)nn(CCCn2cc(N)ccc2=O)c1C. The van der Waals surface area contributed by atoms with Crippen LogP contribution in [0.4, 0.5) is 5.69 Å². The van der Waals surface area contributed by atoms with Crippen LogP contribution in [0.5, 0.6) is 0 Å². The maximum Gasteiger partial charge on any atom is 0.250 e. The third-order valence-corrected chi connectivity index (χ3v) is 3.66. The molecule has 0 radical (unpaired) electrons. The molecule has 0 atom stereocenters. The van der Waals surface area contributed by atoms with Crippen LogP contribution in [0.1, 0.15) is 30.3 Å². The zero-order valence-electron chi connectivity index (χ0n) is 12.4. The Morgan fingerprint density at radius 1 is 1.25 bits per heavy atom. The Kier molecular flexibility index (Phi) is 4.27. The molecule has 0 unspecified atom stereocenters. The highest BCUT2D eigenvalue weighted by molar-refractivity contribution is 5.33. The molecule has 5 nitrogen and oxygen atoms in total. The molecular formula is C15H22N4O. The van der Waals surface area contributed by atoms with Crippen LogP contribution in [0.3, 0.4) is 0 Å². The summed E-state index contributed by atoms with van der Waals surface area (Å²) in [6.07, 6.45) is 3.56. The van der Waals surface area contributed by atoms with E-state index in [-0.39, 0.29) is 5.56 Å². The first-order chi connectivity index (χ1) is 9.52. The second-order valence-corrected chi connectivity index (χ2v) is 5.07. The number of hydrogen-bond acceptors (Lipinski definition) is 3. The summed E-state index contributed by atoms with van der Waals surface area (Å²) in [6.45, 7) is 7.77. The Hall–Kier alpha value is -2.04. The Morgan fingerprint density at radius 2 is 2.00 bits per heavy atom. The summed E-state index contributed by atoms with van der Waals surface area (Å²) >= 11 is 0. The van der Waals surface area contributed by atoms with Crippen LogP contribution in [0, 0.1) is 13.8 Å². The van der Waals surface area contributed by atoms with Crippen molar-refractivity contribution in [2.75, 3.05) is 5.73 Å². The van der Waals surface area contributed by atoms with Gasteiger partial charge in [-0.25, -0.2) is 0 Å². The number of hydrogen-bond donors (Lipinski definition) is 1. The number of aromatic nitrogens is 3. The Labute approximate surface area is 119 Å². The molecule has 0 aliphatic carbocycles. The van der Waals surface area contributed by atoms with Gasteiger partial charge < -0.3 is 10.3 Å². The topological polar surface area (TPSA) is 65.8 Å². The predicted octanol–water partition coefficient (Wildman–Crippen LogP) is 1.90. The number of nitrogens with zero attached hydrogens (tertiary/aromatic N) is 3. The van der Waals surface area contributed by atoms with Gasteiger partial charge in [0.05, 0.1) is 5.69 Å². The van der Waals surface area contributed by atoms with Gasteiger partial charge in [0.1, 0.15) is 0 Å². The summed E-state index contributed by atoms with van der Waals surface area (Å²) in [5, 5.41) is 4.56. The Bertz CT molecular complexity index is 654. The summed E-state index contributed by atoms with van der Waals surface area (Å²) < 4.78 is 3.69. The molecule has 0 bridgehead atoms. The summed E-state index contributed by atoms with van der Waals surface area (Å²) in [6, 6.07) is 3.14. The number of rotatable bonds is 5. The normalized spacial score (nSPS) is 10.9. The van der Waals surface area contributed by atoms with Crippen LogP contribution in [-0.4, -0.2) is 14.3 Å². The molecular weight excluding hydrogens is 252 g/mol. The lowest BCUT2D eigenvalue weighted by atomic mass is 10.1. The average Bonchev–Trinajstić information content (AvgIpc) is 2.68. The monoisotopic (exact) mass is 274 g/mol. The van der Waals surface area contributed by atoms with E-state index in [9.17, 15) is 4.79 Å². The molecule has 0 aliphatic rings. The minimum Gasteiger partial charge on any atom is -0.398 e. The molecule has 0 saturated heterocycles. The molecule has 0 amide bonds. The second kappa shape index (κ2) is 5.94. The van der Waals surface area contributed by atoms with Gasteiger partial charge in [-0.2, -0.15) is 5.10 Å². The van der Waals surface area contributed by atoms with Crippen molar-refractivity contribution in [1.29, 1.82) is 0 Å². The highest BCUT2D eigenvalue weighted by Crippen LogP contribution is 2.13. The molecule has 0 fully saturated rings. The maximum atomic E-state index is 11.7. The molecule has 2 aromatic heterocycles. The van der Waals surface area contributed by atoms with Crippen molar-refractivity contribution in [3.05, 3.63) is 45.6 Å². The van der Waals surface area contributed by atoms with Crippen LogP contribution in [-0.2, 0) is 19.5 Å². The zero-order valence-corrected chi connectivity index (χ0v) is 12.4. The van der Waals surface area contributed by atoms with Crippen molar-refractivity contribution in [2.45, 2.75) is 46.7 Å². The number of nitrogens with two attached hydrogens (primary N) is 1. The van der Waals surface area contributed by atoms with E-state index in [1.54, 1.807) is 16.8 Å². The van der Waals surface area contributed by atoms with Crippen LogP contribution in [0.15, 0.2) is 23.1 Å². The van der Waals surface area contributed by atoms with E-state index < -0.39 is 0 Å². The highest BCUT2D eigenvalue weighted by Gasteiger charge is 2.09. The zero-order chi connectivity index (χ0) is 14.7. The molecule has 2 heterocycles. The molecule has 2 rings (SSSR count). The number of pyridine rings is 1. The van der Waals surface area contributed by atoms with E-state index in [0.29, 0.717) is 12.2 Å². The highest BCUT2D eigenvalue weighted by atomic mass is 16.1. The van der Waals surface area contributed by atoms with E-state index in [2.05, 4.69) is 18.9 Å². The van der Waals surface area contributed by atoms with Gasteiger partial charge in [-0.05, 0) is 38.3 Å². The number of nitrogen functional groups attached to an aromatic ring is 1. The van der Waals surface area contributed by atoms with Crippen molar-refractivity contribution < 1.29 is 0 Å². The van der Waals surface area contributed by atoms with Crippen LogP contribution in [0.25, 0.3) is 0 Å². The van der Waals surface area contributed by atoms with E-state index in [1.807, 2.05) is 11.6 Å². The Morgan fingerprint density at radius 3 is 2.65 bits per heavy atom. The third kappa shape index (κ3) is 2.92. The quantitative estimate of drug-likeness (QED) is 0.905. The average molecular weight is 274 g/mol. The smallest absolute Gasteiger partial charge is 0.250 e. The third-order valence-electron chi connectivity index (χ3n) is 3.66. The van der Waals surface area contributed by atoms with Gasteiger partial charge in [0.2, 0.25) is 0 Å². The molecule has 2 aromatic rings. The largest absolute Gasteiger partial charge is 0.398 e. The van der Waals surface area contributed by atoms with E-state index in [4.69, 9.17) is 5.73 Å². The van der Waals surface area contributed by atoms with Crippen molar-refractivity contribution in [2.24, 2.45) is 0 Å². The van der Waals surface area contributed by atoms with Gasteiger partial charge in [0.15, 0.2) is 0 Å². The van der Waals surface area contributed by atoms with Crippen LogP contribution in [0.2, 0.25) is 0 Å². The fraction of sp³-hybridized carbons (Fsp3) is 0.467. The lowest BCUT2D eigenvalue weighted by Gasteiger charge is -2.08. The minimum atomic E-state index is -0.0122. The van der Waals surface area contributed by atoms with Crippen molar-refractivity contribution in [3.8, 4) is 0 Å². The van der Waals surface area contributed by atoms with E-state index in [1.165, 1.54) is 17.3 Å². The van der Waals surface area contributed by atoms with Gasteiger partial charge in [-0.1, -0.05) is 6.92 Å². The van der Waals surface area contributed by atoms with Gasteiger partial charge >= 0.3 is 0 Å². The first kappa shape index (κ1) is 14.4. The fourth-order valence-electron chi connectivity index (χ4n) is 2.58. The minimum absolute atomic E-state index is 0.0122. The van der Waals surface area contributed by atoms with Crippen LogP contribution < -0.4 is 11.3 Å². The summed E-state index contributed by atoms with van der Waals surface area (Å²) in [4.78, 5) is 11.7. The standard InChI is InChI=1S/C15H22N4O/c1-4-14-11(2)17-19(12(14)3)9-5-8-18-10-13(16)6-7-15(18)20/h6-7,10H,4-5,8-9,16H2,1-3H3. The molecule has 0 aliphatic heterocycles. The molecule has 0 aromatic carbocycles. The van der Waals surface area contributed by atoms with E-state index >= 15 is 0 Å². The molecule has 5 heteroatoms. The molecule has 20 heavy (non-hydrogen) atoms. The summed E-state index contributed by atoms with van der Waals surface area (Å²) in [5.41, 5.74) is 9.96. The molecule has 2 N–H and O–H groups in total. The summed E-state index contributed by atoms with van der Waals surface area (Å²) in [7, 11) is 0. The number of aryl methyl sites for hydroxylation is 3. The predicted molar refractivity (Wildman–Crippen MR) is 80.8 cm³/mol. The first-order valence-electron chi connectivity index (χ1n) is 7.01. The van der Waals surface area contributed by atoms with Crippen LogP contribution >= 0.6 is 0 Å². The molecule has 0 saturated carbocycles. The lowest BCUT2D eigenvalue weighted by molar-refractivity contribution is 0.510. The summed E-state index contributed by atoms with van der Waals surface area (Å²) in [5.74, 6) is 0. The van der Waals surface area contributed by atoms with Gasteiger partial charge in [-0.3, -0.25) is 9.48 Å².